The van der Waals surface area contributed by atoms with Crippen LogP contribution in [0.15, 0.2) is 37.1 Å². The highest BCUT2D eigenvalue weighted by atomic mass is 35.5. The maximum Gasteiger partial charge on any atom is 0.237 e. The molecule has 0 aliphatic rings. The normalized spacial score (nSPS) is 11.1. The average molecular weight is 355 g/mol. The molecule has 25 heavy (non-hydrogen) atoms. The van der Waals surface area contributed by atoms with Crippen molar-refractivity contribution in [1.29, 1.82) is 0 Å². The number of methoxy groups -OCH3 is 1. The van der Waals surface area contributed by atoms with Gasteiger partial charge in [-0.2, -0.15) is 4.98 Å². The van der Waals surface area contributed by atoms with Crippen LogP contribution in [0.2, 0.25) is 5.02 Å². The predicted octanol–water partition coefficient (Wildman–Crippen LogP) is 3.42. The molecule has 8 heteroatoms. The summed E-state index contributed by atoms with van der Waals surface area (Å²) < 4.78 is 6.81. The van der Waals surface area contributed by atoms with Crippen molar-refractivity contribution in [2.24, 2.45) is 0 Å². The van der Waals surface area contributed by atoms with E-state index in [1.165, 1.54) is 6.20 Å². The number of aromatic nitrogens is 4. The minimum absolute atomic E-state index is 0.491. The van der Waals surface area contributed by atoms with Gasteiger partial charge in [0.25, 0.3) is 0 Å². The predicted molar refractivity (Wildman–Crippen MR) is 97.7 cm³/mol. The van der Waals surface area contributed by atoms with Gasteiger partial charge in [0.05, 0.1) is 18.7 Å². The van der Waals surface area contributed by atoms with Gasteiger partial charge in [0.2, 0.25) is 5.95 Å². The fourth-order valence-electron chi connectivity index (χ4n) is 2.30. The molecule has 0 bridgehead atoms. The molecule has 3 rings (SSSR count). The Bertz CT molecular complexity index is 946. The van der Waals surface area contributed by atoms with E-state index in [2.05, 4.69) is 25.1 Å². The smallest absolute Gasteiger partial charge is 0.237 e. The van der Waals surface area contributed by atoms with Crippen molar-refractivity contribution in [2.45, 2.75) is 0 Å². The van der Waals surface area contributed by atoms with Gasteiger partial charge in [0.15, 0.2) is 6.20 Å². The van der Waals surface area contributed by atoms with E-state index in [-0.39, 0.29) is 0 Å². The lowest BCUT2D eigenvalue weighted by molar-refractivity contribution is 0.210. The van der Waals surface area contributed by atoms with Crippen LogP contribution >= 0.6 is 11.6 Å². The van der Waals surface area contributed by atoms with Gasteiger partial charge in [-0.25, -0.2) is 14.8 Å². The van der Waals surface area contributed by atoms with Crippen LogP contribution < -0.4 is 5.32 Å². The lowest BCUT2D eigenvalue weighted by Crippen LogP contribution is -2.11. The molecule has 0 saturated heterocycles. The molecule has 2 heterocycles. The molecular formula is C17H15ClN6O. The minimum Gasteiger partial charge on any atom is -0.383 e. The third-order valence-corrected chi connectivity index (χ3v) is 3.79. The molecule has 0 atom stereocenters. The summed E-state index contributed by atoms with van der Waals surface area (Å²) in [5.41, 5.74) is 1.43. The van der Waals surface area contributed by atoms with E-state index in [4.69, 9.17) is 22.9 Å². The van der Waals surface area contributed by atoms with Crippen LogP contribution in [-0.2, 0) is 4.74 Å². The summed E-state index contributed by atoms with van der Waals surface area (Å²) in [5.74, 6) is 1.16. The number of nitrogens with zero attached hydrogens (tertiary/aromatic N) is 5. The van der Waals surface area contributed by atoms with Crippen molar-refractivity contribution in [1.82, 2.24) is 19.5 Å². The minimum atomic E-state index is 0.491. The van der Waals surface area contributed by atoms with E-state index in [0.717, 1.165) is 10.9 Å². The van der Waals surface area contributed by atoms with E-state index in [0.29, 0.717) is 35.5 Å². The summed E-state index contributed by atoms with van der Waals surface area (Å²) in [4.78, 5) is 16.4. The number of hydrogen-bond donors (Lipinski definition) is 1. The number of ether oxygens (including phenoxy) is 1. The first-order chi connectivity index (χ1) is 12.2. The van der Waals surface area contributed by atoms with Crippen LogP contribution in [0.5, 0.6) is 0 Å². The number of hydrogen-bond acceptors (Lipinski definition) is 5. The van der Waals surface area contributed by atoms with Gasteiger partial charge in [0, 0.05) is 36.5 Å². The Morgan fingerprint density at radius 1 is 1.40 bits per heavy atom. The number of imidazole rings is 1. The SMILES string of the molecule is [C-]#[N+]/C=C/c1cc2c(NCCOC)nc(-n3ccnc3)nc2cc1Cl. The number of anilines is 1. The van der Waals surface area contributed by atoms with E-state index in [1.807, 2.05) is 6.07 Å². The van der Waals surface area contributed by atoms with Gasteiger partial charge in [-0.3, -0.25) is 4.57 Å². The first kappa shape index (κ1) is 16.9. The number of halogens is 1. The van der Waals surface area contributed by atoms with E-state index in [9.17, 15) is 0 Å². The highest BCUT2D eigenvalue weighted by molar-refractivity contribution is 6.33. The van der Waals surface area contributed by atoms with E-state index < -0.39 is 0 Å². The number of fused-ring (bicyclic) bond motifs is 1. The van der Waals surface area contributed by atoms with Crippen molar-refractivity contribution in [3.8, 4) is 5.95 Å². The summed E-state index contributed by atoms with van der Waals surface area (Å²) in [7, 11) is 1.64. The number of rotatable bonds is 6. The Kier molecular flexibility index (Phi) is 5.23. The van der Waals surface area contributed by atoms with Crippen LogP contribution in [0.1, 0.15) is 5.56 Å². The Balaban J connectivity index is 2.14. The van der Waals surface area contributed by atoms with E-state index >= 15 is 0 Å². The second-order valence-corrected chi connectivity index (χ2v) is 5.50. The molecule has 0 saturated carbocycles. The van der Waals surface area contributed by atoms with Gasteiger partial charge in [-0.05, 0) is 17.7 Å². The Morgan fingerprint density at radius 3 is 3.00 bits per heavy atom. The molecule has 0 unspecified atom stereocenters. The molecular weight excluding hydrogens is 340 g/mol. The maximum atomic E-state index is 6.88. The van der Waals surface area contributed by atoms with Gasteiger partial charge in [0.1, 0.15) is 12.1 Å². The molecule has 0 aliphatic carbocycles. The van der Waals surface area contributed by atoms with Gasteiger partial charge < -0.3 is 10.1 Å². The molecule has 1 N–H and O–H groups in total. The molecule has 1 aromatic carbocycles. The van der Waals surface area contributed by atoms with Crippen molar-refractivity contribution < 1.29 is 4.74 Å². The van der Waals surface area contributed by atoms with Crippen molar-refractivity contribution in [2.75, 3.05) is 25.6 Å². The Hall–Kier alpha value is -2.95. The summed E-state index contributed by atoms with van der Waals surface area (Å²) in [6.45, 7) is 8.03. The molecule has 3 aromatic rings. The second kappa shape index (κ2) is 7.75. The number of nitrogens with one attached hydrogen (secondary N) is 1. The van der Waals surface area contributed by atoms with Crippen LogP contribution in [-0.4, -0.2) is 39.8 Å². The van der Waals surface area contributed by atoms with Crippen molar-refractivity contribution in [3.63, 3.8) is 0 Å². The summed E-state index contributed by atoms with van der Waals surface area (Å²) in [6.07, 6.45) is 8.10. The highest BCUT2D eigenvalue weighted by Gasteiger charge is 2.11. The van der Waals surface area contributed by atoms with Crippen LogP contribution in [0.25, 0.3) is 27.8 Å². The lowest BCUT2D eigenvalue weighted by atomic mass is 10.1. The largest absolute Gasteiger partial charge is 0.383 e. The zero-order valence-corrected chi connectivity index (χ0v) is 14.2. The fourth-order valence-corrected chi connectivity index (χ4v) is 2.52. The number of benzene rings is 1. The zero-order valence-electron chi connectivity index (χ0n) is 13.5. The topological polar surface area (TPSA) is 69.2 Å². The second-order valence-electron chi connectivity index (χ2n) is 5.10. The summed E-state index contributed by atoms with van der Waals surface area (Å²) >= 11 is 6.32. The van der Waals surface area contributed by atoms with Crippen LogP contribution in [0.4, 0.5) is 5.82 Å². The molecule has 0 radical (unpaired) electrons. The third kappa shape index (κ3) is 3.76. The third-order valence-electron chi connectivity index (χ3n) is 3.46. The maximum absolute atomic E-state index is 6.88. The van der Waals surface area contributed by atoms with Gasteiger partial charge >= 0.3 is 0 Å². The van der Waals surface area contributed by atoms with Crippen molar-refractivity contribution >= 4 is 34.4 Å². The molecule has 0 aliphatic heterocycles. The molecule has 0 amide bonds. The average Bonchev–Trinajstić information content (AvgIpc) is 3.14. The van der Waals surface area contributed by atoms with Crippen LogP contribution in [0.3, 0.4) is 0 Å². The van der Waals surface area contributed by atoms with E-state index in [1.54, 1.807) is 42.5 Å². The molecule has 0 spiro atoms. The summed E-state index contributed by atoms with van der Waals surface area (Å²) in [5, 5.41) is 4.59. The summed E-state index contributed by atoms with van der Waals surface area (Å²) in [6, 6.07) is 3.64. The molecule has 2 aromatic heterocycles. The molecule has 126 valence electrons. The fraction of sp³-hybridized carbons (Fsp3) is 0.176. The Labute approximate surface area is 149 Å². The zero-order chi connectivity index (χ0) is 17.6. The first-order valence-electron chi connectivity index (χ1n) is 7.48. The lowest BCUT2D eigenvalue weighted by Gasteiger charge is -2.12. The molecule has 7 nitrogen and oxygen atoms in total. The van der Waals surface area contributed by atoms with Crippen LogP contribution in [0, 0.1) is 6.57 Å². The van der Waals surface area contributed by atoms with Crippen molar-refractivity contribution in [3.05, 3.63) is 59.1 Å². The molecule has 0 fully saturated rings. The monoisotopic (exact) mass is 354 g/mol. The first-order valence-corrected chi connectivity index (χ1v) is 7.86. The quantitative estimate of drug-likeness (QED) is 0.542. The highest BCUT2D eigenvalue weighted by Crippen LogP contribution is 2.29. The van der Waals surface area contributed by atoms with Gasteiger partial charge in [-0.15, -0.1) is 0 Å². The standard InChI is InChI=1S/C17H15ClN6O/c1-19-4-3-12-9-13-15(10-14(12)18)22-17(24-7-5-20-11-24)23-16(13)21-6-8-25-2/h3-5,7,9-11H,6,8H2,2H3,(H,21,22,23)/b4-3+. The Morgan fingerprint density at radius 2 is 2.28 bits per heavy atom. The van der Waals surface area contributed by atoms with Gasteiger partial charge in [-0.1, -0.05) is 17.7 Å².